The van der Waals surface area contributed by atoms with Crippen LogP contribution >= 0.6 is 11.3 Å². The van der Waals surface area contributed by atoms with Crippen LogP contribution in [-0.4, -0.2) is 43.1 Å². The minimum atomic E-state index is -0.653. The minimum absolute atomic E-state index is 0.253. The zero-order valence-corrected chi connectivity index (χ0v) is 17.3. The van der Waals surface area contributed by atoms with E-state index in [4.69, 9.17) is 18.8 Å². The maximum Gasteiger partial charge on any atom is 0.505 e. The summed E-state index contributed by atoms with van der Waals surface area (Å²) in [5, 5.41) is 2.60. The maximum atomic E-state index is 12.1. The predicted molar refractivity (Wildman–Crippen MR) is 101 cm³/mol. The lowest BCUT2D eigenvalue weighted by Gasteiger charge is -2.32. The average Bonchev–Trinajstić information content (AvgIpc) is 2.95. The van der Waals surface area contributed by atoms with Gasteiger partial charge < -0.3 is 18.8 Å². The third kappa shape index (κ3) is 4.39. The fraction of sp³-hybridized carbons (Fsp3) is 0.647. The van der Waals surface area contributed by atoms with E-state index in [1.54, 1.807) is 26.8 Å². The molecule has 0 saturated carbocycles. The summed E-state index contributed by atoms with van der Waals surface area (Å²) in [7, 11) is 0.649. The third-order valence-electron chi connectivity index (χ3n) is 4.24. The lowest BCUT2D eigenvalue weighted by Crippen LogP contribution is -2.41. The number of nitrogens with one attached hydrogen (secondary N) is 1. The predicted octanol–water partition coefficient (Wildman–Crippen LogP) is 3.18. The first-order valence-corrected chi connectivity index (χ1v) is 9.15. The molecule has 1 aromatic heterocycles. The molecule has 144 valence electrons. The van der Waals surface area contributed by atoms with Crippen LogP contribution in [0.3, 0.4) is 0 Å². The number of amides is 1. The molecule has 1 fully saturated rings. The largest absolute Gasteiger partial charge is 0.505 e. The smallest absolute Gasteiger partial charge is 0.465 e. The summed E-state index contributed by atoms with van der Waals surface area (Å²) in [6.07, 6.45) is -0.652. The number of carbonyl (C=O) groups is 2. The highest BCUT2D eigenvalue weighted by molar-refractivity contribution is 7.24. The molecular formula is C17H26BNO6S. The Morgan fingerprint density at radius 2 is 1.69 bits per heavy atom. The second-order valence-electron chi connectivity index (χ2n) is 8.10. The number of ether oxygens (including phenoxy) is 2. The molecule has 2 rings (SSSR count). The van der Waals surface area contributed by atoms with Gasteiger partial charge >= 0.3 is 19.2 Å². The lowest BCUT2D eigenvalue weighted by atomic mass is 9.88. The molecule has 0 aromatic carbocycles. The van der Waals surface area contributed by atoms with Crippen molar-refractivity contribution in [3.63, 3.8) is 0 Å². The van der Waals surface area contributed by atoms with Crippen molar-refractivity contribution >= 4 is 41.0 Å². The lowest BCUT2D eigenvalue weighted by molar-refractivity contribution is 0.00578. The van der Waals surface area contributed by atoms with Crippen molar-refractivity contribution in [3.05, 3.63) is 10.9 Å². The van der Waals surface area contributed by atoms with Crippen LogP contribution in [-0.2, 0) is 18.8 Å². The van der Waals surface area contributed by atoms with Crippen molar-refractivity contribution in [2.24, 2.45) is 0 Å². The van der Waals surface area contributed by atoms with Crippen molar-refractivity contribution in [3.8, 4) is 0 Å². The first kappa shape index (κ1) is 20.7. The average molecular weight is 383 g/mol. The number of methoxy groups -OCH3 is 1. The third-order valence-corrected chi connectivity index (χ3v) is 5.38. The molecule has 1 aliphatic rings. The van der Waals surface area contributed by atoms with Crippen molar-refractivity contribution in [2.75, 3.05) is 12.4 Å². The summed E-state index contributed by atoms with van der Waals surface area (Å²) >= 11 is 1.16. The molecule has 1 aliphatic heterocycles. The van der Waals surface area contributed by atoms with E-state index in [0.717, 1.165) is 11.3 Å². The topological polar surface area (TPSA) is 83.1 Å². The molecule has 2 heterocycles. The Labute approximate surface area is 158 Å². The molecule has 0 atom stereocenters. The highest BCUT2D eigenvalue weighted by Gasteiger charge is 2.52. The van der Waals surface area contributed by atoms with E-state index in [1.165, 1.54) is 7.11 Å². The van der Waals surface area contributed by atoms with E-state index in [9.17, 15) is 9.59 Å². The first-order valence-electron chi connectivity index (χ1n) is 8.33. The molecular weight excluding hydrogens is 357 g/mol. The summed E-state index contributed by atoms with van der Waals surface area (Å²) in [6, 6.07) is 1.66. The van der Waals surface area contributed by atoms with Gasteiger partial charge in [-0.25, -0.2) is 9.59 Å². The van der Waals surface area contributed by atoms with E-state index < -0.39 is 36.0 Å². The Morgan fingerprint density at radius 3 is 2.15 bits per heavy atom. The number of carbonyl (C=O) groups excluding carboxylic acids is 2. The SMILES string of the molecule is COC(=O)c1sc(B2OC(C)(C)C(C)(C)O2)cc1NC(=O)OC(C)(C)C. The van der Waals surface area contributed by atoms with Crippen molar-refractivity contribution in [1.82, 2.24) is 0 Å². The van der Waals surface area contributed by atoms with Crippen molar-refractivity contribution < 1.29 is 28.4 Å². The van der Waals surface area contributed by atoms with Gasteiger partial charge in [0.2, 0.25) is 0 Å². The fourth-order valence-corrected chi connectivity index (χ4v) is 3.23. The van der Waals surface area contributed by atoms with Gasteiger partial charge in [0, 0.05) is 4.78 Å². The number of thiophene rings is 1. The van der Waals surface area contributed by atoms with E-state index in [1.807, 2.05) is 27.7 Å². The van der Waals surface area contributed by atoms with E-state index in [-0.39, 0.29) is 4.88 Å². The zero-order valence-electron chi connectivity index (χ0n) is 16.5. The fourth-order valence-electron chi connectivity index (χ4n) is 2.24. The van der Waals surface area contributed by atoms with Crippen LogP contribution in [0.15, 0.2) is 6.07 Å². The van der Waals surface area contributed by atoms with Gasteiger partial charge in [-0.2, -0.15) is 0 Å². The van der Waals surface area contributed by atoms with Gasteiger partial charge in [0.15, 0.2) is 0 Å². The van der Waals surface area contributed by atoms with Gasteiger partial charge in [0.25, 0.3) is 0 Å². The van der Waals surface area contributed by atoms with Crippen LogP contribution < -0.4 is 10.1 Å². The van der Waals surface area contributed by atoms with Gasteiger partial charge in [-0.05, 0) is 54.5 Å². The number of esters is 1. The number of rotatable bonds is 3. The van der Waals surface area contributed by atoms with Crippen LogP contribution in [0.2, 0.25) is 0 Å². The van der Waals surface area contributed by atoms with E-state index in [2.05, 4.69) is 5.32 Å². The zero-order chi connectivity index (χ0) is 19.9. The molecule has 26 heavy (non-hydrogen) atoms. The van der Waals surface area contributed by atoms with E-state index in [0.29, 0.717) is 10.5 Å². The summed E-state index contributed by atoms with van der Waals surface area (Å²) in [5.41, 5.74) is -1.36. The second-order valence-corrected chi connectivity index (χ2v) is 9.18. The Bertz CT molecular complexity index is 691. The Balaban J connectivity index is 2.29. The van der Waals surface area contributed by atoms with E-state index >= 15 is 0 Å². The second kappa shape index (κ2) is 6.86. The quantitative estimate of drug-likeness (QED) is 0.638. The van der Waals surface area contributed by atoms with Crippen LogP contribution in [0.5, 0.6) is 0 Å². The highest BCUT2D eigenvalue weighted by Crippen LogP contribution is 2.37. The summed E-state index contributed by atoms with van der Waals surface area (Å²) < 4.78 is 22.7. The van der Waals surface area contributed by atoms with Crippen molar-refractivity contribution in [2.45, 2.75) is 65.3 Å². The Morgan fingerprint density at radius 1 is 1.15 bits per heavy atom. The van der Waals surface area contributed by atoms with Crippen LogP contribution in [0.25, 0.3) is 0 Å². The Kier molecular flexibility index (Phi) is 5.47. The molecule has 0 unspecified atom stereocenters. The van der Waals surface area contributed by atoms with Gasteiger partial charge in [-0.3, -0.25) is 5.32 Å². The van der Waals surface area contributed by atoms with Crippen LogP contribution in [0, 0.1) is 0 Å². The highest BCUT2D eigenvalue weighted by atomic mass is 32.1. The summed E-state index contributed by atoms with van der Waals surface area (Å²) in [4.78, 5) is 24.4. The van der Waals surface area contributed by atoms with Crippen LogP contribution in [0.4, 0.5) is 10.5 Å². The van der Waals surface area contributed by atoms with Gasteiger partial charge in [0.05, 0.1) is 24.0 Å². The first-order chi connectivity index (χ1) is 11.8. The van der Waals surface area contributed by atoms with Gasteiger partial charge in [-0.1, -0.05) is 0 Å². The Hall–Kier alpha value is -1.58. The van der Waals surface area contributed by atoms with Crippen molar-refractivity contribution in [1.29, 1.82) is 0 Å². The number of hydrogen-bond acceptors (Lipinski definition) is 7. The van der Waals surface area contributed by atoms with Crippen LogP contribution in [0.1, 0.15) is 58.1 Å². The molecule has 1 aromatic rings. The van der Waals surface area contributed by atoms with Gasteiger partial charge in [0.1, 0.15) is 10.5 Å². The standard InChI is InChI=1S/C17H26BNO6S/c1-15(2,3)23-14(21)19-10-9-11(26-12(10)13(20)22-8)18-24-16(4,5)17(6,7)25-18/h9H,1-8H3,(H,19,21). The molecule has 1 N–H and O–H groups in total. The molecule has 9 heteroatoms. The molecule has 7 nitrogen and oxygen atoms in total. The molecule has 0 aliphatic carbocycles. The molecule has 0 radical (unpaired) electrons. The van der Waals surface area contributed by atoms with Gasteiger partial charge in [-0.15, -0.1) is 11.3 Å². The summed E-state index contributed by atoms with van der Waals surface area (Å²) in [5.74, 6) is -0.552. The minimum Gasteiger partial charge on any atom is -0.465 e. The molecule has 0 spiro atoms. The molecule has 1 amide bonds. The normalized spacial score (nSPS) is 18.5. The number of hydrogen-bond donors (Lipinski definition) is 1. The number of anilines is 1. The maximum absolute atomic E-state index is 12.1. The molecule has 0 bridgehead atoms. The summed E-state index contributed by atoms with van der Waals surface area (Å²) in [6.45, 7) is 13.1. The monoisotopic (exact) mass is 383 g/mol. The molecule has 1 saturated heterocycles.